The zero-order valence-electron chi connectivity index (χ0n) is 12.9. The van der Waals surface area contributed by atoms with Gasteiger partial charge in [-0.2, -0.15) is 0 Å². The maximum atomic E-state index is 5.18. The molecule has 0 spiro atoms. The molecule has 1 saturated heterocycles. The molecule has 120 valence electrons. The van der Waals surface area contributed by atoms with Crippen LogP contribution in [-0.2, 0) is 16.0 Å². The lowest BCUT2D eigenvalue weighted by Gasteiger charge is -2.32. The monoisotopic (exact) mass is 316 g/mol. The first-order chi connectivity index (χ1) is 10.2. The summed E-state index contributed by atoms with van der Waals surface area (Å²) >= 11 is 1.67. The number of thioether (sulfide) groups is 1. The fourth-order valence-electron chi connectivity index (χ4n) is 2.14. The summed E-state index contributed by atoms with van der Waals surface area (Å²) in [5.41, 5.74) is 0. The predicted octanol–water partition coefficient (Wildman–Crippen LogP) is -0.368. The van der Waals surface area contributed by atoms with E-state index in [9.17, 15) is 0 Å². The predicted molar refractivity (Wildman–Crippen MR) is 80.3 cm³/mol. The molecule has 0 radical (unpaired) electrons. The average Bonchev–Trinajstić information content (AvgIpc) is 2.94. The van der Waals surface area contributed by atoms with Crippen molar-refractivity contribution in [3.8, 4) is 0 Å². The second kappa shape index (κ2) is 8.64. The van der Waals surface area contributed by atoms with Crippen molar-refractivity contribution in [2.24, 2.45) is 0 Å². The van der Waals surface area contributed by atoms with Crippen LogP contribution in [0, 0.1) is 0 Å². The average molecular weight is 316 g/mol. The van der Waals surface area contributed by atoms with Crippen LogP contribution in [0.25, 0.3) is 0 Å². The Morgan fingerprint density at radius 2 is 1.90 bits per heavy atom. The first-order valence-electron chi connectivity index (χ1n) is 7.08. The van der Waals surface area contributed by atoms with E-state index in [0.29, 0.717) is 6.54 Å². The highest BCUT2D eigenvalue weighted by atomic mass is 32.2. The molecule has 0 amide bonds. The van der Waals surface area contributed by atoms with Crippen LogP contribution < -0.4 is 0 Å². The molecule has 0 bridgehead atoms. The van der Waals surface area contributed by atoms with Crippen LogP contribution in [0.4, 0.5) is 0 Å². The van der Waals surface area contributed by atoms with Gasteiger partial charge in [0.1, 0.15) is 0 Å². The lowest BCUT2D eigenvalue weighted by molar-refractivity contribution is -0.113. The van der Waals surface area contributed by atoms with Gasteiger partial charge in [-0.25, -0.2) is 4.68 Å². The molecule has 9 heteroatoms. The SMILES string of the molecule is COC(Cn1nnnc1SCCN1CCN(C)CC1)OC. The number of tetrazole rings is 1. The maximum Gasteiger partial charge on any atom is 0.209 e. The van der Waals surface area contributed by atoms with Gasteiger partial charge in [-0.05, 0) is 17.5 Å². The summed E-state index contributed by atoms with van der Waals surface area (Å²) in [6.07, 6.45) is -0.328. The van der Waals surface area contributed by atoms with Gasteiger partial charge in [0.15, 0.2) is 6.29 Å². The molecule has 0 saturated carbocycles. The molecule has 0 N–H and O–H groups in total. The molecule has 1 fully saturated rings. The Morgan fingerprint density at radius 3 is 2.57 bits per heavy atom. The molecule has 2 heterocycles. The third-order valence-corrected chi connectivity index (χ3v) is 4.52. The van der Waals surface area contributed by atoms with Crippen molar-refractivity contribution < 1.29 is 9.47 Å². The molecule has 1 aliphatic rings. The van der Waals surface area contributed by atoms with E-state index in [2.05, 4.69) is 32.4 Å². The van der Waals surface area contributed by atoms with Crippen molar-refractivity contribution in [1.82, 2.24) is 30.0 Å². The normalized spacial score (nSPS) is 17.7. The molecule has 2 rings (SSSR count). The fourth-order valence-corrected chi connectivity index (χ4v) is 3.02. The molecular weight excluding hydrogens is 292 g/mol. The molecule has 0 aromatic carbocycles. The fraction of sp³-hybridized carbons (Fsp3) is 0.917. The lowest BCUT2D eigenvalue weighted by atomic mass is 10.3. The third-order valence-electron chi connectivity index (χ3n) is 3.58. The molecule has 21 heavy (non-hydrogen) atoms. The zero-order chi connectivity index (χ0) is 15.1. The van der Waals surface area contributed by atoms with E-state index in [4.69, 9.17) is 9.47 Å². The van der Waals surface area contributed by atoms with Crippen LogP contribution in [0.15, 0.2) is 5.16 Å². The lowest BCUT2D eigenvalue weighted by Crippen LogP contribution is -2.45. The van der Waals surface area contributed by atoms with Crippen LogP contribution in [0.2, 0.25) is 0 Å². The number of ether oxygens (including phenoxy) is 2. The van der Waals surface area contributed by atoms with Gasteiger partial charge in [-0.1, -0.05) is 11.8 Å². The number of nitrogens with zero attached hydrogens (tertiary/aromatic N) is 6. The van der Waals surface area contributed by atoms with Gasteiger partial charge in [0.2, 0.25) is 5.16 Å². The Hall–Kier alpha value is -0.740. The highest BCUT2D eigenvalue weighted by Crippen LogP contribution is 2.15. The van der Waals surface area contributed by atoms with E-state index in [0.717, 1.165) is 43.6 Å². The van der Waals surface area contributed by atoms with Gasteiger partial charge in [0.05, 0.1) is 6.54 Å². The second-order valence-corrected chi connectivity index (χ2v) is 6.10. The smallest absolute Gasteiger partial charge is 0.209 e. The van der Waals surface area contributed by atoms with E-state index in [1.807, 2.05) is 0 Å². The Morgan fingerprint density at radius 1 is 1.19 bits per heavy atom. The van der Waals surface area contributed by atoms with Crippen LogP contribution in [-0.4, -0.2) is 96.0 Å². The minimum Gasteiger partial charge on any atom is -0.354 e. The van der Waals surface area contributed by atoms with Crippen LogP contribution in [0.1, 0.15) is 0 Å². The number of rotatable bonds is 8. The summed E-state index contributed by atoms with van der Waals surface area (Å²) in [5.74, 6) is 0.981. The molecule has 1 aromatic heterocycles. The summed E-state index contributed by atoms with van der Waals surface area (Å²) in [6, 6.07) is 0. The molecular formula is C12H24N6O2S. The Kier molecular flexibility index (Phi) is 6.84. The standard InChI is InChI=1S/C12H24N6O2S/c1-16-4-6-17(7-5-16)8-9-21-12-13-14-15-18(12)10-11(19-2)20-3/h11H,4-10H2,1-3H3. The van der Waals surface area contributed by atoms with Crippen molar-refractivity contribution in [2.45, 2.75) is 18.0 Å². The van der Waals surface area contributed by atoms with Crippen LogP contribution in [0.3, 0.4) is 0 Å². The number of piperazine rings is 1. The van der Waals surface area contributed by atoms with E-state index in [1.165, 1.54) is 0 Å². The van der Waals surface area contributed by atoms with E-state index < -0.39 is 0 Å². The van der Waals surface area contributed by atoms with Crippen molar-refractivity contribution >= 4 is 11.8 Å². The van der Waals surface area contributed by atoms with Gasteiger partial charge in [-0.15, -0.1) is 5.10 Å². The topological polar surface area (TPSA) is 68.5 Å². The number of hydrogen-bond donors (Lipinski definition) is 0. The molecule has 1 aromatic rings. The summed E-state index contributed by atoms with van der Waals surface area (Å²) in [5, 5.41) is 12.6. The van der Waals surface area contributed by atoms with Crippen LogP contribution in [0.5, 0.6) is 0 Å². The van der Waals surface area contributed by atoms with Crippen molar-refractivity contribution in [2.75, 3.05) is 59.7 Å². The van der Waals surface area contributed by atoms with Crippen molar-refractivity contribution in [3.05, 3.63) is 0 Å². The highest BCUT2D eigenvalue weighted by molar-refractivity contribution is 7.99. The van der Waals surface area contributed by atoms with Crippen molar-refractivity contribution in [3.63, 3.8) is 0 Å². The molecule has 8 nitrogen and oxygen atoms in total. The number of aromatic nitrogens is 4. The van der Waals surface area contributed by atoms with E-state index >= 15 is 0 Å². The highest BCUT2D eigenvalue weighted by Gasteiger charge is 2.15. The van der Waals surface area contributed by atoms with Gasteiger partial charge < -0.3 is 14.4 Å². The van der Waals surface area contributed by atoms with Gasteiger partial charge in [0, 0.05) is 52.7 Å². The van der Waals surface area contributed by atoms with Gasteiger partial charge >= 0.3 is 0 Å². The van der Waals surface area contributed by atoms with E-state index in [-0.39, 0.29) is 6.29 Å². The van der Waals surface area contributed by atoms with Gasteiger partial charge in [0.25, 0.3) is 0 Å². The largest absolute Gasteiger partial charge is 0.354 e. The van der Waals surface area contributed by atoms with E-state index in [1.54, 1.807) is 30.7 Å². The maximum absolute atomic E-state index is 5.18. The summed E-state index contributed by atoms with van der Waals surface area (Å²) < 4.78 is 12.1. The third kappa shape index (κ3) is 5.19. The van der Waals surface area contributed by atoms with Gasteiger partial charge in [-0.3, -0.25) is 4.90 Å². The Labute approximate surface area is 129 Å². The molecule has 0 unspecified atom stereocenters. The van der Waals surface area contributed by atoms with Crippen molar-refractivity contribution in [1.29, 1.82) is 0 Å². The summed E-state index contributed by atoms with van der Waals surface area (Å²) in [6.45, 7) is 6.12. The minimum absolute atomic E-state index is 0.328. The summed E-state index contributed by atoms with van der Waals surface area (Å²) in [4.78, 5) is 4.84. The number of methoxy groups -OCH3 is 2. The first-order valence-corrected chi connectivity index (χ1v) is 8.07. The number of hydrogen-bond acceptors (Lipinski definition) is 8. The molecule has 0 atom stereocenters. The van der Waals surface area contributed by atoms with Crippen LogP contribution >= 0.6 is 11.8 Å². The summed E-state index contributed by atoms with van der Waals surface area (Å²) in [7, 11) is 5.39. The zero-order valence-corrected chi connectivity index (χ0v) is 13.8. The quantitative estimate of drug-likeness (QED) is 0.475. The Balaban J connectivity index is 1.74. The Bertz CT molecular complexity index is 406. The molecule has 1 aliphatic heterocycles. The number of likely N-dealkylation sites (N-methyl/N-ethyl adjacent to an activating group) is 1. The molecule has 0 aliphatic carbocycles. The minimum atomic E-state index is -0.328. The first kappa shape index (κ1) is 16.6. The second-order valence-electron chi connectivity index (χ2n) is 5.04.